The molecule has 0 saturated heterocycles. The molecule has 7 heteroatoms. The minimum Gasteiger partial charge on any atom is -0.310 e. The highest BCUT2D eigenvalue weighted by atomic mass is 127. The SMILES string of the molecule is CC.Cc1cc(Br)c(CN2C=C3C=CC(C#N)=CC3N2)c2ccn(SI)c12. The first kappa shape index (κ1) is 20.5. The number of hydrogen-bond donors (Lipinski definition) is 1. The van der Waals surface area contributed by atoms with E-state index in [1.54, 1.807) is 9.12 Å². The molecule has 2 aromatic rings. The van der Waals surface area contributed by atoms with Gasteiger partial charge in [-0.2, -0.15) is 5.26 Å². The number of allylic oxidation sites excluding steroid dienone is 2. The smallest absolute Gasteiger partial charge is 0.0988 e. The first-order valence-electron chi connectivity index (χ1n) is 8.73. The van der Waals surface area contributed by atoms with Gasteiger partial charge in [0.05, 0.1) is 24.2 Å². The monoisotopic (exact) mass is 554 g/mol. The molecule has 0 radical (unpaired) electrons. The Kier molecular flexibility index (Phi) is 6.74. The lowest BCUT2D eigenvalue weighted by Crippen LogP contribution is -2.35. The van der Waals surface area contributed by atoms with Crippen LogP contribution in [-0.2, 0) is 6.54 Å². The Hall–Kier alpha value is -1.21. The molecule has 0 amide bonds. The first-order valence-corrected chi connectivity index (χ1v) is 12.8. The molecular weight excluding hydrogens is 535 g/mol. The van der Waals surface area contributed by atoms with Gasteiger partial charge in [0.15, 0.2) is 0 Å². The molecule has 1 aromatic heterocycles. The number of hydrogen-bond acceptors (Lipinski definition) is 4. The number of hydrazine groups is 1. The van der Waals surface area contributed by atoms with Crippen LogP contribution in [0.5, 0.6) is 0 Å². The zero-order valence-electron chi connectivity index (χ0n) is 15.3. The molecule has 2 heterocycles. The summed E-state index contributed by atoms with van der Waals surface area (Å²) in [6.45, 7) is 6.89. The molecule has 140 valence electrons. The van der Waals surface area contributed by atoms with E-state index in [0.29, 0.717) is 5.57 Å². The van der Waals surface area contributed by atoms with Crippen LogP contribution in [0.15, 0.2) is 58.4 Å². The van der Waals surface area contributed by atoms with E-state index in [2.05, 4.69) is 89.1 Å². The van der Waals surface area contributed by atoms with Crippen molar-refractivity contribution in [2.75, 3.05) is 0 Å². The Labute approximate surface area is 184 Å². The second-order valence-electron chi connectivity index (χ2n) is 6.06. The predicted octanol–water partition coefficient (Wildman–Crippen LogP) is 6.18. The van der Waals surface area contributed by atoms with Gasteiger partial charge in [-0.25, -0.2) is 5.43 Å². The average Bonchev–Trinajstić information content (AvgIpc) is 3.29. The molecule has 4 rings (SSSR count). The van der Waals surface area contributed by atoms with E-state index in [4.69, 9.17) is 5.26 Å². The van der Waals surface area contributed by atoms with E-state index < -0.39 is 0 Å². The maximum Gasteiger partial charge on any atom is 0.0988 e. The maximum absolute atomic E-state index is 9.08. The van der Waals surface area contributed by atoms with Crippen LogP contribution in [0.1, 0.15) is 25.0 Å². The molecule has 27 heavy (non-hydrogen) atoms. The first-order chi connectivity index (χ1) is 13.1. The Morgan fingerprint density at radius 1 is 1.37 bits per heavy atom. The van der Waals surface area contributed by atoms with Crippen LogP contribution >= 0.6 is 46.3 Å². The third-order valence-electron chi connectivity index (χ3n) is 4.48. The zero-order chi connectivity index (χ0) is 19.6. The van der Waals surface area contributed by atoms with Gasteiger partial charge in [0.25, 0.3) is 0 Å². The largest absolute Gasteiger partial charge is 0.310 e. The summed E-state index contributed by atoms with van der Waals surface area (Å²) in [6.07, 6.45) is 10.1. The molecule has 1 unspecified atom stereocenters. The standard InChI is InChI=1S/C18H14BrIN4S.C2H6/c1-11-6-16(19)15(14-4-5-24(25-20)18(11)14)10-23-9-13-3-2-12(8-21)7-17(13)22-23;1-2/h2-7,9,17,22H,10H2,1H3;1-2H3. The van der Waals surface area contributed by atoms with Crippen molar-refractivity contribution in [1.82, 2.24) is 14.4 Å². The molecule has 0 bridgehead atoms. The number of nitrogens with one attached hydrogen (secondary N) is 1. The van der Waals surface area contributed by atoms with E-state index in [1.165, 1.54) is 27.6 Å². The lowest BCUT2D eigenvalue weighted by Gasteiger charge is -2.21. The molecule has 1 aliphatic heterocycles. The normalized spacial score (nSPS) is 17.8. The molecular formula is C20H20BrIN4S. The number of rotatable bonds is 3. The van der Waals surface area contributed by atoms with Gasteiger partial charge in [-0.3, -0.25) is 3.97 Å². The van der Waals surface area contributed by atoms with Gasteiger partial charge in [0, 0.05) is 58.2 Å². The molecule has 0 saturated carbocycles. The molecule has 1 aromatic carbocycles. The van der Waals surface area contributed by atoms with Crippen LogP contribution in [0.3, 0.4) is 0 Å². The quantitative estimate of drug-likeness (QED) is 0.460. The van der Waals surface area contributed by atoms with Gasteiger partial charge in [0.2, 0.25) is 0 Å². The van der Waals surface area contributed by atoms with E-state index in [0.717, 1.165) is 11.0 Å². The Morgan fingerprint density at radius 2 is 2.15 bits per heavy atom. The Balaban J connectivity index is 0.00000102. The van der Waals surface area contributed by atoms with Crippen LogP contribution < -0.4 is 5.43 Å². The summed E-state index contributed by atoms with van der Waals surface area (Å²) >= 11 is 6.05. The second kappa shape index (κ2) is 8.86. The van der Waals surface area contributed by atoms with Crippen LogP contribution in [0.25, 0.3) is 10.9 Å². The van der Waals surface area contributed by atoms with Crippen molar-refractivity contribution in [1.29, 1.82) is 5.26 Å². The van der Waals surface area contributed by atoms with E-state index >= 15 is 0 Å². The van der Waals surface area contributed by atoms with Crippen LogP contribution in [0.2, 0.25) is 0 Å². The Bertz CT molecular complexity index is 1000. The van der Waals surface area contributed by atoms with Crippen LogP contribution in [0.4, 0.5) is 0 Å². The topological polar surface area (TPSA) is 44.0 Å². The van der Waals surface area contributed by atoms with E-state index in [1.807, 2.05) is 32.1 Å². The fourth-order valence-corrected chi connectivity index (χ4v) is 5.41. The van der Waals surface area contributed by atoms with Gasteiger partial charge >= 0.3 is 0 Å². The number of nitriles is 1. The van der Waals surface area contributed by atoms with E-state index in [-0.39, 0.29) is 6.04 Å². The number of fused-ring (bicyclic) bond motifs is 2. The number of nitrogens with zero attached hydrogens (tertiary/aromatic N) is 3. The molecule has 0 spiro atoms. The van der Waals surface area contributed by atoms with Gasteiger partial charge in [0.1, 0.15) is 0 Å². The molecule has 1 N–H and O–H groups in total. The number of benzene rings is 1. The van der Waals surface area contributed by atoms with Gasteiger partial charge in [-0.05, 0) is 47.9 Å². The lowest BCUT2D eigenvalue weighted by atomic mass is 10.0. The van der Waals surface area contributed by atoms with Gasteiger partial charge in [-0.1, -0.05) is 35.9 Å². The summed E-state index contributed by atoms with van der Waals surface area (Å²) in [5.74, 6) is 0. The number of aromatic nitrogens is 1. The summed E-state index contributed by atoms with van der Waals surface area (Å²) < 4.78 is 3.31. The molecule has 1 aliphatic carbocycles. The fraction of sp³-hybridized carbons (Fsp3) is 0.250. The third kappa shape index (κ3) is 3.99. The van der Waals surface area contributed by atoms with E-state index in [9.17, 15) is 0 Å². The predicted molar refractivity (Wildman–Crippen MR) is 126 cm³/mol. The van der Waals surface area contributed by atoms with Crippen molar-refractivity contribution < 1.29 is 0 Å². The Morgan fingerprint density at radius 3 is 2.85 bits per heavy atom. The maximum atomic E-state index is 9.08. The highest BCUT2D eigenvalue weighted by molar-refractivity contribution is 14.2. The zero-order valence-corrected chi connectivity index (χ0v) is 19.9. The highest BCUT2D eigenvalue weighted by Gasteiger charge is 2.24. The highest BCUT2D eigenvalue weighted by Crippen LogP contribution is 2.35. The van der Waals surface area contributed by atoms with Gasteiger partial charge in [-0.15, -0.1) is 0 Å². The fourth-order valence-electron chi connectivity index (χ4n) is 3.32. The minimum atomic E-state index is 0.0777. The van der Waals surface area contributed by atoms with Crippen molar-refractivity contribution in [3.63, 3.8) is 0 Å². The molecule has 0 fully saturated rings. The minimum absolute atomic E-state index is 0.0777. The average molecular weight is 555 g/mol. The van der Waals surface area contributed by atoms with Crippen molar-refractivity contribution in [3.05, 3.63) is 69.5 Å². The van der Waals surface area contributed by atoms with Crippen LogP contribution in [0, 0.1) is 18.3 Å². The third-order valence-corrected chi connectivity index (χ3v) is 6.92. The van der Waals surface area contributed by atoms with Crippen molar-refractivity contribution in [2.45, 2.75) is 33.4 Å². The summed E-state index contributed by atoms with van der Waals surface area (Å²) in [4.78, 5) is 0. The summed E-state index contributed by atoms with van der Waals surface area (Å²) in [5, 5.41) is 12.4. The lowest BCUT2D eigenvalue weighted by molar-refractivity contribution is 0.281. The molecule has 1 atom stereocenters. The summed E-state index contributed by atoms with van der Waals surface area (Å²) in [7, 11) is 1.68. The molecule has 4 nitrogen and oxygen atoms in total. The van der Waals surface area contributed by atoms with Crippen molar-refractivity contribution >= 4 is 57.2 Å². The molecule has 2 aliphatic rings. The van der Waals surface area contributed by atoms with Crippen LogP contribution in [-0.4, -0.2) is 15.0 Å². The number of halogens is 2. The number of aryl methyl sites for hydroxylation is 1. The van der Waals surface area contributed by atoms with Crippen molar-refractivity contribution in [2.24, 2.45) is 0 Å². The summed E-state index contributed by atoms with van der Waals surface area (Å²) in [6, 6.07) is 6.65. The van der Waals surface area contributed by atoms with Gasteiger partial charge < -0.3 is 5.01 Å². The second-order valence-corrected chi connectivity index (χ2v) is 8.63. The van der Waals surface area contributed by atoms with Crippen molar-refractivity contribution in [3.8, 4) is 6.07 Å². The summed E-state index contributed by atoms with van der Waals surface area (Å²) in [5.41, 5.74) is 9.10.